The molecule has 0 unspecified atom stereocenters. The van der Waals surface area contributed by atoms with Crippen molar-refractivity contribution in [2.75, 3.05) is 6.61 Å². The second-order valence-electron chi connectivity index (χ2n) is 5.41. The Morgan fingerprint density at radius 2 is 2.00 bits per heavy atom. The summed E-state index contributed by atoms with van der Waals surface area (Å²) in [5.41, 5.74) is 0.131. The molecule has 0 aliphatic heterocycles. The predicted molar refractivity (Wildman–Crippen MR) is 97.7 cm³/mol. The summed E-state index contributed by atoms with van der Waals surface area (Å²) in [4.78, 5) is 28.4. The highest BCUT2D eigenvalue weighted by Crippen LogP contribution is 2.23. The third-order valence-corrected chi connectivity index (χ3v) is 4.94. The molecule has 0 spiro atoms. The van der Waals surface area contributed by atoms with E-state index in [0.717, 1.165) is 17.4 Å². The maximum atomic E-state index is 14.3. The highest BCUT2D eigenvalue weighted by molar-refractivity contribution is 7.16. The van der Waals surface area contributed by atoms with Gasteiger partial charge in [0.1, 0.15) is 12.4 Å². The summed E-state index contributed by atoms with van der Waals surface area (Å²) in [7, 11) is 0. The number of halogens is 3. The molecule has 0 fully saturated rings. The Hall–Kier alpha value is -2.58. The molecule has 3 aromatic rings. The van der Waals surface area contributed by atoms with Crippen LogP contribution in [0.2, 0.25) is 5.02 Å². The van der Waals surface area contributed by atoms with Crippen LogP contribution in [0.4, 0.5) is 8.78 Å². The normalized spacial score (nSPS) is 11.8. The van der Waals surface area contributed by atoms with Gasteiger partial charge in [0, 0.05) is 6.07 Å². The molecule has 0 radical (unpaired) electrons. The van der Waals surface area contributed by atoms with Crippen molar-refractivity contribution in [2.45, 2.75) is 13.5 Å². The third kappa shape index (κ3) is 4.06. The Morgan fingerprint density at radius 1 is 1.26 bits per heavy atom. The van der Waals surface area contributed by atoms with E-state index in [1.165, 1.54) is 16.7 Å². The van der Waals surface area contributed by atoms with Crippen LogP contribution in [0, 0.1) is 11.6 Å². The fraction of sp³-hybridized carbons (Fsp3) is 0.167. The molecule has 27 heavy (non-hydrogen) atoms. The molecule has 0 atom stereocenters. The lowest BCUT2D eigenvalue weighted by molar-refractivity contribution is -0.143. The van der Waals surface area contributed by atoms with Crippen molar-refractivity contribution in [3.05, 3.63) is 63.4 Å². The van der Waals surface area contributed by atoms with Crippen molar-refractivity contribution in [3.8, 4) is 0 Å². The number of hydrogen-bond acceptors (Lipinski definition) is 4. The summed E-state index contributed by atoms with van der Waals surface area (Å²) in [6.45, 7) is 1.41. The van der Waals surface area contributed by atoms with E-state index in [2.05, 4.69) is 4.99 Å². The van der Waals surface area contributed by atoms with Crippen LogP contribution in [0.3, 0.4) is 0 Å². The van der Waals surface area contributed by atoms with Crippen molar-refractivity contribution < 1.29 is 23.1 Å². The van der Waals surface area contributed by atoms with Gasteiger partial charge in [-0.25, -0.2) is 8.78 Å². The quantitative estimate of drug-likeness (QED) is 0.612. The smallest absolute Gasteiger partial charge is 0.326 e. The molecule has 0 N–H and O–H groups in total. The van der Waals surface area contributed by atoms with Gasteiger partial charge in [-0.05, 0) is 25.1 Å². The van der Waals surface area contributed by atoms with Crippen molar-refractivity contribution in [3.63, 3.8) is 0 Å². The predicted octanol–water partition coefficient (Wildman–Crippen LogP) is 3.94. The summed E-state index contributed by atoms with van der Waals surface area (Å²) in [6.07, 6.45) is 0. The van der Waals surface area contributed by atoms with Gasteiger partial charge in [0.25, 0.3) is 5.91 Å². The molecule has 0 saturated heterocycles. The Labute approximate surface area is 161 Å². The fourth-order valence-corrected chi connectivity index (χ4v) is 3.76. The lowest BCUT2D eigenvalue weighted by atomic mass is 10.2. The third-order valence-electron chi connectivity index (χ3n) is 3.59. The molecule has 9 heteroatoms. The van der Waals surface area contributed by atoms with E-state index < -0.39 is 23.5 Å². The van der Waals surface area contributed by atoms with E-state index in [1.54, 1.807) is 19.1 Å². The SMILES string of the molecule is CCOC(=O)Cn1c(=NC(=O)c2ccccc2Cl)sc2cc(F)cc(F)c21. The first-order valence-corrected chi connectivity index (χ1v) is 9.07. The van der Waals surface area contributed by atoms with Crippen LogP contribution in [0.25, 0.3) is 10.2 Å². The Morgan fingerprint density at radius 3 is 2.70 bits per heavy atom. The first kappa shape index (κ1) is 19.2. The molecule has 3 rings (SSSR count). The van der Waals surface area contributed by atoms with Crippen molar-refractivity contribution in [1.29, 1.82) is 0 Å². The zero-order chi connectivity index (χ0) is 19.6. The first-order valence-electron chi connectivity index (χ1n) is 7.88. The van der Waals surface area contributed by atoms with Gasteiger partial charge in [-0.3, -0.25) is 9.59 Å². The molecular weight excluding hydrogens is 398 g/mol. The number of aromatic nitrogens is 1. The molecule has 140 valence electrons. The van der Waals surface area contributed by atoms with Crippen molar-refractivity contribution >= 4 is 45.0 Å². The minimum absolute atomic E-state index is 0.0276. The maximum Gasteiger partial charge on any atom is 0.326 e. The van der Waals surface area contributed by atoms with E-state index >= 15 is 0 Å². The zero-order valence-corrected chi connectivity index (χ0v) is 15.6. The van der Waals surface area contributed by atoms with E-state index in [4.69, 9.17) is 16.3 Å². The van der Waals surface area contributed by atoms with Crippen LogP contribution in [0.15, 0.2) is 41.4 Å². The summed E-state index contributed by atoms with van der Waals surface area (Å²) in [5.74, 6) is -2.93. The Bertz CT molecular complexity index is 1110. The number of thiazole rings is 1. The number of nitrogens with zero attached hydrogens (tertiary/aromatic N) is 2. The van der Waals surface area contributed by atoms with Gasteiger partial charge in [-0.15, -0.1) is 0 Å². The van der Waals surface area contributed by atoms with E-state index in [9.17, 15) is 18.4 Å². The van der Waals surface area contributed by atoms with Gasteiger partial charge in [0.05, 0.1) is 27.4 Å². The van der Waals surface area contributed by atoms with Gasteiger partial charge < -0.3 is 9.30 Å². The summed E-state index contributed by atoms with van der Waals surface area (Å²) >= 11 is 6.89. The number of carbonyl (C=O) groups is 2. The largest absolute Gasteiger partial charge is 0.465 e. The summed E-state index contributed by atoms with van der Waals surface area (Å²) < 4.78 is 34.2. The topological polar surface area (TPSA) is 60.7 Å². The number of benzene rings is 2. The van der Waals surface area contributed by atoms with E-state index in [1.807, 2.05) is 0 Å². The number of fused-ring (bicyclic) bond motifs is 1. The monoisotopic (exact) mass is 410 g/mol. The average Bonchev–Trinajstić information content (AvgIpc) is 2.92. The molecule has 2 aromatic carbocycles. The summed E-state index contributed by atoms with van der Waals surface area (Å²) in [6, 6.07) is 8.15. The zero-order valence-electron chi connectivity index (χ0n) is 14.0. The lowest BCUT2D eigenvalue weighted by Gasteiger charge is -2.06. The molecular formula is C18H13ClF2N2O3S. The number of ether oxygens (including phenoxy) is 1. The molecule has 0 aliphatic rings. The van der Waals surface area contributed by atoms with Crippen molar-refractivity contribution in [2.24, 2.45) is 4.99 Å². The number of carbonyl (C=O) groups excluding carboxylic acids is 2. The second kappa shape index (κ2) is 7.98. The second-order valence-corrected chi connectivity index (χ2v) is 6.82. The van der Waals surface area contributed by atoms with Crippen LogP contribution < -0.4 is 4.80 Å². The molecule has 0 saturated carbocycles. The van der Waals surface area contributed by atoms with Crippen LogP contribution >= 0.6 is 22.9 Å². The number of hydrogen-bond donors (Lipinski definition) is 0. The Balaban J connectivity index is 2.19. The van der Waals surface area contributed by atoms with E-state index in [-0.39, 0.29) is 38.8 Å². The standard InChI is InChI=1S/C18H13ClF2N2O3S/c1-2-26-15(24)9-23-16-13(21)7-10(20)8-14(16)27-18(23)22-17(25)11-5-3-4-6-12(11)19/h3-8H,2,9H2,1H3. The highest BCUT2D eigenvalue weighted by Gasteiger charge is 2.17. The minimum atomic E-state index is -0.864. The fourth-order valence-electron chi connectivity index (χ4n) is 2.48. The van der Waals surface area contributed by atoms with Gasteiger partial charge in [-0.1, -0.05) is 35.1 Å². The van der Waals surface area contributed by atoms with Crippen LogP contribution in [0.5, 0.6) is 0 Å². The molecule has 0 aliphatic carbocycles. The van der Waals surface area contributed by atoms with Gasteiger partial charge in [0.15, 0.2) is 10.6 Å². The number of esters is 1. The summed E-state index contributed by atoms with van der Waals surface area (Å²) in [5, 5.41) is 0.210. The van der Waals surface area contributed by atoms with Crippen LogP contribution in [0.1, 0.15) is 17.3 Å². The number of rotatable bonds is 4. The van der Waals surface area contributed by atoms with Crippen LogP contribution in [-0.2, 0) is 16.1 Å². The lowest BCUT2D eigenvalue weighted by Crippen LogP contribution is -2.23. The first-order chi connectivity index (χ1) is 12.9. The molecule has 5 nitrogen and oxygen atoms in total. The maximum absolute atomic E-state index is 14.3. The van der Waals surface area contributed by atoms with Crippen molar-refractivity contribution in [1.82, 2.24) is 4.57 Å². The average molecular weight is 411 g/mol. The number of amides is 1. The van der Waals surface area contributed by atoms with Gasteiger partial charge in [-0.2, -0.15) is 4.99 Å². The molecule has 1 aromatic heterocycles. The minimum Gasteiger partial charge on any atom is -0.465 e. The Kier molecular flexibility index (Phi) is 5.67. The molecule has 0 bridgehead atoms. The molecule has 1 amide bonds. The highest BCUT2D eigenvalue weighted by atomic mass is 35.5. The molecule has 1 heterocycles. The van der Waals surface area contributed by atoms with Gasteiger partial charge >= 0.3 is 5.97 Å². The van der Waals surface area contributed by atoms with Gasteiger partial charge in [0.2, 0.25) is 0 Å². The van der Waals surface area contributed by atoms with E-state index in [0.29, 0.717) is 6.07 Å². The van der Waals surface area contributed by atoms with Crippen LogP contribution in [-0.4, -0.2) is 23.1 Å².